The SMILES string of the molecule is CCCc1nn(C(C)C)c(C(C)CC)c1O. The number of aryl methyl sites for hydroxylation is 1. The van der Waals surface area contributed by atoms with Crippen LogP contribution in [0, 0.1) is 0 Å². The zero-order chi connectivity index (χ0) is 12.3. The largest absolute Gasteiger partial charge is 0.504 e. The zero-order valence-electron chi connectivity index (χ0n) is 11.1. The number of aromatic hydroxyl groups is 1. The third kappa shape index (κ3) is 2.39. The maximum absolute atomic E-state index is 10.2. The molecule has 1 aromatic rings. The van der Waals surface area contributed by atoms with Gasteiger partial charge in [-0.05, 0) is 26.7 Å². The summed E-state index contributed by atoms with van der Waals surface area (Å²) < 4.78 is 1.98. The molecule has 0 fully saturated rings. The van der Waals surface area contributed by atoms with E-state index >= 15 is 0 Å². The van der Waals surface area contributed by atoms with Gasteiger partial charge in [-0.25, -0.2) is 0 Å². The van der Waals surface area contributed by atoms with Crippen LogP contribution in [0.25, 0.3) is 0 Å². The molecule has 0 amide bonds. The molecule has 0 aliphatic heterocycles. The average molecular weight is 224 g/mol. The lowest BCUT2D eigenvalue weighted by atomic mass is 10.0. The lowest BCUT2D eigenvalue weighted by Gasteiger charge is -2.15. The van der Waals surface area contributed by atoms with Crippen LogP contribution in [0.5, 0.6) is 5.75 Å². The van der Waals surface area contributed by atoms with Gasteiger partial charge in [-0.2, -0.15) is 5.10 Å². The van der Waals surface area contributed by atoms with Crippen molar-refractivity contribution in [2.24, 2.45) is 0 Å². The fraction of sp³-hybridized carbons (Fsp3) is 0.769. The van der Waals surface area contributed by atoms with Crippen molar-refractivity contribution in [1.29, 1.82) is 0 Å². The van der Waals surface area contributed by atoms with E-state index in [2.05, 4.69) is 39.7 Å². The fourth-order valence-electron chi connectivity index (χ4n) is 1.94. The highest BCUT2D eigenvalue weighted by molar-refractivity contribution is 5.35. The molecular weight excluding hydrogens is 200 g/mol. The summed E-state index contributed by atoms with van der Waals surface area (Å²) in [5, 5.41) is 14.7. The van der Waals surface area contributed by atoms with Crippen molar-refractivity contribution in [3.8, 4) is 5.75 Å². The second kappa shape index (κ2) is 5.37. The molecule has 0 saturated heterocycles. The molecule has 1 unspecified atom stereocenters. The smallest absolute Gasteiger partial charge is 0.160 e. The number of nitrogens with zero attached hydrogens (tertiary/aromatic N) is 2. The Kier molecular flexibility index (Phi) is 4.39. The minimum atomic E-state index is 0.306. The quantitative estimate of drug-likeness (QED) is 0.829. The Hall–Kier alpha value is -0.990. The van der Waals surface area contributed by atoms with Gasteiger partial charge in [-0.3, -0.25) is 4.68 Å². The molecule has 0 aromatic carbocycles. The Labute approximate surface area is 98.5 Å². The summed E-state index contributed by atoms with van der Waals surface area (Å²) in [5.74, 6) is 0.783. The van der Waals surface area contributed by atoms with Crippen LogP contribution in [-0.4, -0.2) is 14.9 Å². The van der Waals surface area contributed by atoms with Crippen LogP contribution in [0.1, 0.15) is 70.8 Å². The molecule has 0 bridgehead atoms. The molecule has 0 aliphatic carbocycles. The Morgan fingerprint density at radius 3 is 2.31 bits per heavy atom. The highest BCUT2D eigenvalue weighted by Gasteiger charge is 2.21. The predicted octanol–water partition coefficient (Wildman–Crippen LogP) is 3.64. The van der Waals surface area contributed by atoms with Crippen LogP contribution >= 0.6 is 0 Å². The van der Waals surface area contributed by atoms with Crippen LogP contribution in [0.3, 0.4) is 0 Å². The summed E-state index contributed by atoms with van der Waals surface area (Å²) in [6, 6.07) is 0.306. The van der Waals surface area contributed by atoms with Crippen LogP contribution < -0.4 is 0 Å². The summed E-state index contributed by atoms with van der Waals surface area (Å²) in [6.45, 7) is 10.6. The first-order valence-corrected chi connectivity index (χ1v) is 6.33. The molecule has 0 saturated carbocycles. The van der Waals surface area contributed by atoms with Gasteiger partial charge in [-0.15, -0.1) is 0 Å². The van der Waals surface area contributed by atoms with Gasteiger partial charge in [0, 0.05) is 12.0 Å². The van der Waals surface area contributed by atoms with E-state index in [1.54, 1.807) is 0 Å². The van der Waals surface area contributed by atoms with Crippen molar-refractivity contribution in [2.75, 3.05) is 0 Å². The molecule has 0 aliphatic rings. The molecule has 3 nitrogen and oxygen atoms in total. The molecule has 0 radical (unpaired) electrons. The normalized spacial score (nSPS) is 13.4. The van der Waals surface area contributed by atoms with Gasteiger partial charge in [0.1, 0.15) is 5.69 Å². The van der Waals surface area contributed by atoms with E-state index in [1.807, 2.05) is 4.68 Å². The molecule has 0 spiro atoms. The van der Waals surface area contributed by atoms with Gasteiger partial charge in [0.05, 0.1) is 5.69 Å². The van der Waals surface area contributed by atoms with Crippen LogP contribution in [-0.2, 0) is 6.42 Å². The first-order valence-electron chi connectivity index (χ1n) is 6.33. The predicted molar refractivity (Wildman–Crippen MR) is 67.0 cm³/mol. The minimum absolute atomic E-state index is 0.306. The number of rotatable bonds is 5. The second-order valence-electron chi connectivity index (χ2n) is 4.78. The van der Waals surface area contributed by atoms with Crippen molar-refractivity contribution >= 4 is 0 Å². The lowest BCUT2D eigenvalue weighted by Crippen LogP contribution is -2.09. The van der Waals surface area contributed by atoms with E-state index in [0.717, 1.165) is 30.7 Å². The van der Waals surface area contributed by atoms with E-state index in [9.17, 15) is 5.11 Å². The minimum Gasteiger partial charge on any atom is -0.504 e. The molecular formula is C13H24N2O. The van der Waals surface area contributed by atoms with Crippen molar-refractivity contribution in [2.45, 2.75) is 65.8 Å². The van der Waals surface area contributed by atoms with Gasteiger partial charge in [0.2, 0.25) is 0 Å². The molecule has 1 rings (SSSR count). The summed E-state index contributed by atoms with van der Waals surface area (Å²) >= 11 is 0. The summed E-state index contributed by atoms with van der Waals surface area (Å²) in [5.41, 5.74) is 1.85. The van der Waals surface area contributed by atoms with Gasteiger partial charge in [0.15, 0.2) is 5.75 Å². The van der Waals surface area contributed by atoms with Crippen molar-refractivity contribution in [3.63, 3.8) is 0 Å². The molecule has 1 aromatic heterocycles. The maximum atomic E-state index is 10.2. The molecule has 1 atom stereocenters. The van der Waals surface area contributed by atoms with Gasteiger partial charge >= 0.3 is 0 Å². The molecule has 1 N–H and O–H groups in total. The molecule has 16 heavy (non-hydrogen) atoms. The Balaban J connectivity index is 3.20. The van der Waals surface area contributed by atoms with Crippen LogP contribution in [0.15, 0.2) is 0 Å². The third-order valence-corrected chi connectivity index (χ3v) is 3.05. The average Bonchev–Trinajstić information content (AvgIpc) is 2.56. The molecule has 1 heterocycles. The van der Waals surface area contributed by atoms with Gasteiger partial charge < -0.3 is 5.11 Å². The van der Waals surface area contributed by atoms with Crippen LogP contribution in [0.2, 0.25) is 0 Å². The van der Waals surface area contributed by atoms with Crippen molar-refractivity contribution in [3.05, 3.63) is 11.4 Å². The number of aromatic nitrogens is 2. The number of hydrogen-bond donors (Lipinski definition) is 1. The van der Waals surface area contributed by atoms with Gasteiger partial charge in [-0.1, -0.05) is 27.2 Å². The van der Waals surface area contributed by atoms with E-state index in [0.29, 0.717) is 17.7 Å². The maximum Gasteiger partial charge on any atom is 0.160 e. The zero-order valence-corrected chi connectivity index (χ0v) is 11.1. The summed E-state index contributed by atoms with van der Waals surface area (Å²) in [7, 11) is 0. The number of hydrogen-bond acceptors (Lipinski definition) is 2. The Morgan fingerprint density at radius 2 is 1.88 bits per heavy atom. The topological polar surface area (TPSA) is 38.0 Å². The molecule has 92 valence electrons. The highest BCUT2D eigenvalue weighted by Crippen LogP contribution is 2.33. The second-order valence-corrected chi connectivity index (χ2v) is 4.78. The van der Waals surface area contributed by atoms with E-state index in [4.69, 9.17) is 0 Å². The van der Waals surface area contributed by atoms with Crippen molar-refractivity contribution in [1.82, 2.24) is 9.78 Å². The van der Waals surface area contributed by atoms with E-state index in [-0.39, 0.29) is 0 Å². The first kappa shape index (κ1) is 13.1. The van der Waals surface area contributed by atoms with Gasteiger partial charge in [0.25, 0.3) is 0 Å². The summed E-state index contributed by atoms with van der Waals surface area (Å²) in [4.78, 5) is 0. The Morgan fingerprint density at radius 1 is 1.25 bits per heavy atom. The lowest BCUT2D eigenvalue weighted by molar-refractivity contribution is 0.438. The van der Waals surface area contributed by atoms with Crippen molar-refractivity contribution < 1.29 is 5.11 Å². The highest BCUT2D eigenvalue weighted by atomic mass is 16.3. The van der Waals surface area contributed by atoms with E-state index < -0.39 is 0 Å². The molecule has 3 heteroatoms. The third-order valence-electron chi connectivity index (χ3n) is 3.05. The first-order chi connectivity index (χ1) is 7.52. The fourth-order valence-corrected chi connectivity index (χ4v) is 1.94. The summed E-state index contributed by atoms with van der Waals surface area (Å²) in [6.07, 6.45) is 2.90. The van der Waals surface area contributed by atoms with E-state index in [1.165, 1.54) is 0 Å². The standard InChI is InChI=1S/C13H24N2O/c1-6-8-11-13(16)12(10(5)7-2)15(14-11)9(3)4/h9-10,16H,6-8H2,1-5H3. The van der Waals surface area contributed by atoms with Crippen LogP contribution in [0.4, 0.5) is 0 Å². The monoisotopic (exact) mass is 224 g/mol. The Bertz CT molecular complexity index is 342.